The molecule has 0 spiro atoms. The van der Waals surface area contributed by atoms with Crippen molar-refractivity contribution in [3.63, 3.8) is 0 Å². The molecule has 168 valence electrons. The molecule has 0 amide bonds. The van der Waals surface area contributed by atoms with Crippen molar-refractivity contribution in [2.24, 2.45) is 0 Å². The zero-order valence-corrected chi connectivity index (χ0v) is 18.1. The summed E-state index contributed by atoms with van der Waals surface area (Å²) in [6, 6.07) is 3.42. The van der Waals surface area contributed by atoms with E-state index in [1.165, 1.54) is 28.3 Å². The van der Waals surface area contributed by atoms with E-state index in [0.717, 1.165) is 23.5 Å². The fraction of sp³-hybridized carbons (Fsp3) is 0.250. The molecule has 0 aliphatic carbocycles. The molecule has 0 unspecified atom stereocenters. The molecule has 1 aromatic carbocycles. The molecule has 0 radical (unpaired) electrons. The number of benzene rings is 1. The Morgan fingerprint density at radius 2 is 1.84 bits per heavy atom. The molecule has 31 heavy (non-hydrogen) atoms. The van der Waals surface area contributed by atoms with Gasteiger partial charge in [0.2, 0.25) is 0 Å². The van der Waals surface area contributed by atoms with E-state index < -0.39 is 28.1 Å². The quantitative estimate of drug-likeness (QED) is 0.384. The predicted molar refractivity (Wildman–Crippen MR) is 107 cm³/mol. The lowest BCUT2D eigenvalue weighted by Crippen LogP contribution is -2.29. The van der Waals surface area contributed by atoms with Crippen LogP contribution in [0.15, 0.2) is 29.8 Å². The average molecular weight is 522 g/mol. The molecule has 0 saturated heterocycles. The van der Waals surface area contributed by atoms with Gasteiger partial charge in [0.15, 0.2) is 0 Å². The van der Waals surface area contributed by atoms with Crippen LogP contribution in [-0.4, -0.2) is 30.1 Å². The minimum atomic E-state index is -5.59. The molecule has 2 aromatic heterocycles. The van der Waals surface area contributed by atoms with Crippen molar-refractivity contribution in [3.8, 4) is 21.1 Å². The van der Waals surface area contributed by atoms with Crippen molar-refractivity contribution in [3.05, 3.63) is 39.8 Å². The van der Waals surface area contributed by atoms with Crippen molar-refractivity contribution in [1.29, 1.82) is 0 Å². The van der Waals surface area contributed by atoms with Gasteiger partial charge in [-0.3, -0.25) is 4.72 Å². The van der Waals surface area contributed by atoms with Crippen LogP contribution in [0.1, 0.15) is 11.4 Å². The lowest BCUT2D eigenvalue weighted by Gasteiger charge is -2.11. The van der Waals surface area contributed by atoms with Crippen LogP contribution in [0.2, 0.25) is 5.02 Å². The number of nitrogens with one attached hydrogen (secondary N) is 1. The number of alkyl halides is 6. The van der Waals surface area contributed by atoms with Gasteiger partial charge in [0.25, 0.3) is 0 Å². The summed E-state index contributed by atoms with van der Waals surface area (Å²) in [4.78, 5) is 8.86. The summed E-state index contributed by atoms with van der Waals surface area (Å²) in [5.74, 6) is 0. The van der Waals surface area contributed by atoms with E-state index in [0.29, 0.717) is 26.1 Å². The molecule has 3 aromatic rings. The third kappa shape index (κ3) is 5.87. The summed E-state index contributed by atoms with van der Waals surface area (Å²) in [6.45, 7) is 0. The fourth-order valence-corrected chi connectivity index (χ4v) is 4.91. The van der Waals surface area contributed by atoms with E-state index >= 15 is 0 Å². The van der Waals surface area contributed by atoms with E-state index in [2.05, 4.69) is 9.97 Å². The Bertz CT molecular complexity index is 1190. The van der Waals surface area contributed by atoms with Crippen molar-refractivity contribution >= 4 is 50.0 Å². The van der Waals surface area contributed by atoms with Crippen LogP contribution in [0.5, 0.6) is 0 Å². The average Bonchev–Trinajstić information content (AvgIpc) is 3.27. The topological polar surface area (TPSA) is 72.0 Å². The number of aromatic nitrogens is 2. The van der Waals surface area contributed by atoms with Crippen LogP contribution >= 0.6 is 34.3 Å². The number of halogens is 7. The third-order valence-corrected chi connectivity index (χ3v) is 7.19. The van der Waals surface area contributed by atoms with Gasteiger partial charge < -0.3 is 0 Å². The summed E-state index contributed by atoms with van der Waals surface area (Å²) in [5.41, 5.74) is -5.16. The second-order valence-electron chi connectivity index (χ2n) is 6.02. The van der Waals surface area contributed by atoms with Gasteiger partial charge >= 0.3 is 21.7 Å². The van der Waals surface area contributed by atoms with Gasteiger partial charge in [-0.05, 0) is 18.2 Å². The maximum atomic E-state index is 12.5. The summed E-state index contributed by atoms with van der Waals surface area (Å²) in [5, 5.41) is 2.34. The molecular weight excluding hydrogens is 512 g/mol. The normalized spacial score (nSPS) is 12.9. The van der Waals surface area contributed by atoms with Gasteiger partial charge in [-0.2, -0.15) is 34.8 Å². The Balaban J connectivity index is 1.78. The number of anilines is 1. The van der Waals surface area contributed by atoms with Gasteiger partial charge in [0.05, 0.1) is 26.3 Å². The Hall–Kier alpha value is -1.90. The maximum Gasteiger partial charge on any atom is 0.516 e. The molecule has 0 bridgehead atoms. The van der Waals surface area contributed by atoms with Crippen molar-refractivity contribution in [2.75, 3.05) is 4.72 Å². The van der Waals surface area contributed by atoms with Crippen molar-refractivity contribution in [2.45, 2.75) is 24.5 Å². The number of thiazole rings is 2. The highest BCUT2D eigenvalue weighted by atomic mass is 35.5. The number of sulfonamides is 1. The first-order chi connectivity index (χ1) is 14.2. The van der Waals surface area contributed by atoms with Gasteiger partial charge in [-0.1, -0.05) is 11.6 Å². The smallest absolute Gasteiger partial charge is 0.276 e. The second kappa shape index (κ2) is 8.56. The first kappa shape index (κ1) is 23.8. The standard InChI is InChI=1S/C16H10ClF6N3O2S3/c17-10-5-8(26-31(27,28)16(21,22)23)1-2-9(10)11-7-29-14(25-11)12-6-24-13(30-12)3-4-15(18,19)20/h1-2,5-7,26H,3-4H2. The summed E-state index contributed by atoms with van der Waals surface area (Å²) in [7, 11) is -5.59. The number of hydrogen-bond acceptors (Lipinski definition) is 6. The molecule has 0 aliphatic rings. The van der Waals surface area contributed by atoms with Gasteiger partial charge in [0.1, 0.15) is 5.01 Å². The molecule has 0 saturated carbocycles. The monoisotopic (exact) mass is 521 g/mol. The van der Waals surface area contributed by atoms with E-state index in [9.17, 15) is 34.8 Å². The zero-order chi connectivity index (χ0) is 23.0. The van der Waals surface area contributed by atoms with Crippen LogP contribution in [0.3, 0.4) is 0 Å². The summed E-state index contributed by atoms with van der Waals surface area (Å²) in [6.07, 6.45) is -4.09. The molecule has 0 fully saturated rings. The molecule has 1 N–H and O–H groups in total. The number of hydrogen-bond donors (Lipinski definition) is 1. The second-order valence-corrected chi connectivity index (χ2v) is 10.1. The lowest BCUT2D eigenvalue weighted by atomic mass is 10.1. The molecule has 15 heteroatoms. The SMILES string of the molecule is O=S(=O)(Nc1ccc(-c2csc(-c3cnc(CCC(F)(F)F)s3)n2)c(Cl)c1)C(F)(F)F. The zero-order valence-electron chi connectivity index (χ0n) is 14.9. The molecule has 5 nitrogen and oxygen atoms in total. The Labute approximate surface area is 184 Å². The number of aryl methyl sites for hydroxylation is 1. The van der Waals surface area contributed by atoms with Crippen molar-refractivity contribution in [1.82, 2.24) is 9.97 Å². The largest absolute Gasteiger partial charge is 0.516 e. The van der Waals surface area contributed by atoms with Gasteiger partial charge in [-0.25, -0.2) is 9.97 Å². The highest BCUT2D eigenvalue weighted by Crippen LogP contribution is 2.37. The van der Waals surface area contributed by atoms with Crippen LogP contribution in [-0.2, 0) is 16.4 Å². The van der Waals surface area contributed by atoms with Crippen LogP contribution in [0, 0.1) is 0 Å². The minimum absolute atomic E-state index is 0.0469. The molecule has 0 aliphatic heterocycles. The first-order valence-corrected chi connectivity index (χ1v) is 11.7. The van der Waals surface area contributed by atoms with E-state index in [1.54, 1.807) is 5.38 Å². The number of nitrogens with zero attached hydrogens (tertiary/aromatic N) is 2. The van der Waals surface area contributed by atoms with Crippen molar-refractivity contribution < 1.29 is 34.8 Å². The Morgan fingerprint density at radius 1 is 1.13 bits per heavy atom. The molecule has 3 rings (SSSR count). The van der Waals surface area contributed by atoms with E-state index in [4.69, 9.17) is 11.6 Å². The van der Waals surface area contributed by atoms with Crippen LogP contribution < -0.4 is 4.72 Å². The summed E-state index contributed by atoms with van der Waals surface area (Å²) >= 11 is 8.33. The van der Waals surface area contributed by atoms with Crippen LogP contribution in [0.25, 0.3) is 21.1 Å². The van der Waals surface area contributed by atoms with Gasteiger partial charge in [-0.15, -0.1) is 22.7 Å². The highest BCUT2D eigenvalue weighted by Gasteiger charge is 2.46. The first-order valence-electron chi connectivity index (χ1n) is 8.11. The summed E-state index contributed by atoms with van der Waals surface area (Å²) < 4.78 is 98.2. The molecule has 2 heterocycles. The fourth-order valence-electron chi connectivity index (χ4n) is 2.28. The molecular formula is C16H10ClF6N3O2S3. The highest BCUT2D eigenvalue weighted by molar-refractivity contribution is 7.93. The van der Waals surface area contributed by atoms with Gasteiger partial charge in [0, 0.05) is 30.0 Å². The predicted octanol–water partition coefficient (Wildman–Crippen LogP) is 6.34. The molecule has 0 atom stereocenters. The lowest BCUT2D eigenvalue weighted by molar-refractivity contribution is -0.134. The Kier molecular flexibility index (Phi) is 6.56. The van der Waals surface area contributed by atoms with E-state index in [1.807, 2.05) is 0 Å². The minimum Gasteiger partial charge on any atom is -0.276 e. The Morgan fingerprint density at radius 3 is 2.45 bits per heavy atom. The maximum absolute atomic E-state index is 12.5. The third-order valence-electron chi connectivity index (χ3n) is 3.69. The number of rotatable bonds is 6. The van der Waals surface area contributed by atoms with E-state index in [-0.39, 0.29) is 17.1 Å². The van der Waals surface area contributed by atoms with Crippen LogP contribution in [0.4, 0.5) is 32.0 Å².